The molecular formula is C19H13BrFN3O2S2. The lowest BCUT2D eigenvalue weighted by Crippen LogP contribution is -1.95. The van der Waals surface area contributed by atoms with Crippen LogP contribution in [0.25, 0.3) is 11.5 Å². The van der Waals surface area contributed by atoms with E-state index < -0.39 is 0 Å². The lowest BCUT2D eigenvalue weighted by molar-refractivity contribution is 0.305. The largest absolute Gasteiger partial charge is 0.486 e. The van der Waals surface area contributed by atoms with Gasteiger partial charge in [-0.05, 0) is 48.5 Å². The molecule has 9 heteroatoms. The quantitative estimate of drug-likeness (QED) is 0.305. The van der Waals surface area contributed by atoms with E-state index in [4.69, 9.17) is 9.15 Å². The molecule has 4 aromatic rings. The van der Waals surface area contributed by atoms with Crippen LogP contribution >= 0.6 is 39.0 Å². The second-order valence-corrected chi connectivity index (χ2v) is 8.43. The van der Waals surface area contributed by atoms with Crippen LogP contribution in [0.3, 0.4) is 0 Å². The van der Waals surface area contributed by atoms with E-state index in [2.05, 4.69) is 31.1 Å². The van der Waals surface area contributed by atoms with Gasteiger partial charge in [-0.15, -0.1) is 21.5 Å². The second-order valence-electron chi connectivity index (χ2n) is 5.64. The average Bonchev–Trinajstić information content (AvgIpc) is 3.36. The van der Waals surface area contributed by atoms with Gasteiger partial charge in [-0.1, -0.05) is 27.7 Å². The Morgan fingerprint density at radius 3 is 2.64 bits per heavy atom. The van der Waals surface area contributed by atoms with Gasteiger partial charge in [0.2, 0.25) is 5.89 Å². The van der Waals surface area contributed by atoms with Crippen LogP contribution in [0.2, 0.25) is 0 Å². The molecule has 2 aromatic carbocycles. The Hall–Kier alpha value is -2.23. The number of aromatic nitrogens is 3. The minimum atomic E-state index is -0.287. The molecule has 2 aromatic heterocycles. The monoisotopic (exact) mass is 477 g/mol. The van der Waals surface area contributed by atoms with Crippen LogP contribution in [0.5, 0.6) is 5.75 Å². The van der Waals surface area contributed by atoms with Crippen LogP contribution in [0, 0.1) is 5.82 Å². The highest BCUT2D eigenvalue weighted by Crippen LogP contribution is 2.27. The molecule has 2 heterocycles. The molecule has 0 unspecified atom stereocenters. The fourth-order valence-electron chi connectivity index (χ4n) is 2.27. The highest BCUT2D eigenvalue weighted by atomic mass is 79.9. The summed E-state index contributed by atoms with van der Waals surface area (Å²) in [6, 6.07) is 13.6. The van der Waals surface area contributed by atoms with E-state index in [-0.39, 0.29) is 5.82 Å². The zero-order valence-electron chi connectivity index (χ0n) is 14.3. The lowest BCUT2D eigenvalue weighted by atomic mass is 10.2. The zero-order chi connectivity index (χ0) is 19.3. The van der Waals surface area contributed by atoms with Gasteiger partial charge in [0, 0.05) is 21.2 Å². The molecule has 0 amide bonds. The van der Waals surface area contributed by atoms with Crippen molar-refractivity contribution in [2.75, 3.05) is 0 Å². The van der Waals surface area contributed by atoms with E-state index in [0.717, 1.165) is 20.7 Å². The van der Waals surface area contributed by atoms with Crippen LogP contribution < -0.4 is 4.74 Å². The van der Waals surface area contributed by atoms with Crippen molar-refractivity contribution in [2.24, 2.45) is 0 Å². The van der Waals surface area contributed by atoms with Crippen molar-refractivity contribution in [3.63, 3.8) is 0 Å². The molecule has 4 rings (SSSR count). The molecule has 0 spiro atoms. The number of hydrogen-bond donors (Lipinski definition) is 0. The Kier molecular flexibility index (Phi) is 6.04. The second kappa shape index (κ2) is 8.85. The minimum Gasteiger partial charge on any atom is -0.486 e. The zero-order valence-corrected chi connectivity index (χ0v) is 17.6. The van der Waals surface area contributed by atoms with Gasteiger partial charge in [0.15, 0.2) is 0 Å². The van der Waals surface area contributed by atoms with Gasteiger partial charge in [-0.25, -0.2) is 9.37 Å². The Morgan fingerprint density at radius 2 is 1.86 bits per heavy atom. The molecule has 0 atom stereocenters. The third kappa shape index (κ3) is 4.98. The summed E-state index contributed by atoms with van der Waals surface area (Å²) in [5.74, 6) is 1.43. The van der Waals surface area contributed by atoms with Gasteiger partial charge < -0.3 is 9.15 Å². The van der Waals surface area contributed by atoms with Crippen molar-refractivity contribution in [3.05, 3.63) is 74.9 Å². The van der Waals surface area contributed by atoms with Crippen LogP contribution in [-0.4, -0.2) is 15.2 Å². The fourth-order valence-corrected chi connectivity index (χ4v) is 4.00. The summed E-state index contributed by atoms with van der Waals surface area (Å²) in [5.41, 5.74) is 1.78. The molecule has 0 aliphatic rings. The summed E-state index contributed by atoms with van der Waals surface area (Å²) in [7, 11) is 0. The molecule has 0 saturated carbocycles. The van der Waals surface area contributed by atoms with Crippen molar-refractivity contribution in [2.45, 2.75) is 17.6 Å². The first kappa shape index (κ1) is 19.1. The Bertz CT molecular complexity index is 1050. The SMILES string of the molecule is Fc1ccc(OCc2nc(CSc3nnc(-c4ccc(Br)cc4)o3)cs2)cc1. The van der Waals surface area contributed by atoms with Crippen molar-refractivity contribution in [1.82, 2.24) is 15.2 Å². The van der Waals surface area contributed by atoms with Crippen molar-refractivity contribution in [1.29, 1.82) is 0 Å². The van der Waals surface area contributed by atoms with E-state index in [1.54, 1.807) is 12.1 Å². The van der Waals surface area contributed by atoms with E-state index in [1.165, 1.54) is 35.2 Å². The number of benzene rings is 2. The van der Waals surface area contributed by atoms with Gasteiger partial charge in [-0.3, -0.25) is 0 Å². The third-order valence-electron chi connectivity index (χ3n) is 3.62. The maximum Gasteiger partial charge on any atom is 0.277 e. The first-order valence-electron chi connectivity index (χ1n) is 8.19. The highest BCUT2D eigenvalue weighted by molar-refractivity contribution is 9.10. The summed E-state index contributed by atoms with van der Waals surface area (Å²) in [4.78, 5) is 4.54. The average molecular weight is 478 g/mol. The molecule has 142 valence electrons. The van der Waals surface area contributed by atoms with Crippen LogP contribution in [0.1, 0.15) is 10.7 Å². The number of rotatable bonds is 7. The Labute approximate surface area is 177 Å². The third-order valence-corrected chi connectivity index (χ3v) is 5.87. The van der Waals surface area contributed by atoms with Crippen LogP contribution in [-0.2, 0) is 12.4 Å². The maximum absolute atomic E-state index is 12.9. The number of nitrogens with zero attached hydrogens (tertiary/aromatic N) is 3. The Morgan fingerprint density at radius 1 is 1.07 bits per heavy atom. The van der Waals surface area contributed by atoms with Crippen molar-refractivity contribution >= 4 is 39.0 Å². The molecular weight excluding hydrogens is 465 g/mol. The molecule has 0 saturated heterocycles. The molecule has 0 aliphatic heterocycles. The normalized spacial score (nSPS) is 10.9. The Balaban J connectivity index is 1.31. The molecule has 0 N–H and O–H groups in total. The summed E-state index contributed by atoms with van der Waals surface area (Å²) in [6.45, 7) is 0.342. The predicted molar refractivity (Wildman–Crippen MR) is 110 cm³/mol. The van der Waals surface area contributed by atoms with Crippen molar-refractivity contribution < 1.29 is 13.5 Å². The molecule has 5 nitrogen and oxygen atoms in total. The minimum absolute atomic E-state index is 0.287. The molecule has 0 aliphatic carbocycles. The van der Waals surface area contributed by atoms with Crippen molar-refractivity contribution in [3.8, 4) is 17.2 Å². The summed E-state index contributed by atoms with van der Waals surface area (Å²) in [6.07, 6.45) is 0. The van der Waals surface area contributed by atoms with E-state index >= 15 is 0 Å². The van der Waals surface area contributed by atoms with E-state index in [9.17, 15) is 4.39 Å². The first-order chi connectivity index (χ1) is 13.7. The number of halogens is 2. The smallest absolute Gasteiger partial charge is 0.277 e. The van der Waals surface area contributed by atoms with Gasteiger partial charge in [0.1, 0.15) is 23.2 Å². The van der Waals surface area contributed by atoms with Gasteiger partial charge in [0.25, 0.3) is 5.22 Å². The summed E-state index contributed by atoms with van der Waals surface area (Å²) >= 11 is 6.35. The number of thiazole rings is 1. The van der Waals surface area contributed by atoms with Crippen LogP contribution in [0.4, 0.5) is 4.39 Å². The highest BCUT2D eigenvalue weighted by Gasteiger charge is 2.11. The molecule has 0 bridgehead atoms. The number of ether oxygens (including phenoxy) is 1. The maximum atomic E-state index is 12.9. The lowest BCUT2D eigenvalue weighted by Gasteiger charge is -2.03. The van der Waals surface area contributed by atoms with Crippen LogP contribution in [0.15, 0.2) is 68.0 Å². The molecule has 0 fully saturated rings. The van der Waals surface area contributed by atoms with Gasteiger partial charge >= 0.3 is 0 Å². The fraction of sp³-hybridized carbons (Fsp3) is 0.105. The predicted octanol–water partition coefficient (Wildman–Crippen LogP) is 5.97. The molecule has 28 heavy (non-hydrogen) atoms. The number of thioether (sulfide) groups is 1. The first-order valence-corrected chi connectivity index (χ1v) is 10.9. The summed E-state index contributed by atoms with van der Waals surface area (Å²) < 4.78 is 25.2. The topological polar surface area (TPSA) is 61.0 Å². The van der Waals surface area contributed by atoms with E-state index in [0.29, 0.717) is 29.2 Å². The van der Waals surface area contributed by atoms with Gasteiger partial charge in [-0.2, -0.15) is 0 Å². The standard InChI is InChI=1S/C19H13BrFN3O2S2/c20-13-3-1-12(2-4-13)18-23-24-19(26-18)28-11-15-10-27-17(22-15)9-25-16-7-5-14(21)6-8-16/h1-8,10H,9,11H2. The summed E-state index contributed by atoms with van der Waals surface area (Å²) in [5, 5.41) is 11.5. The number of hydrogen-bond acceptors (Lipinski definition) is 7. The van der Waals surface area contributed by atoms with E-state index in [1.807, 2.05) is 29.6 Å². The molecule has 0 radical (unpaired) electrons. The van der Waals surface area contributed by atoms with Gasteiger partial charge in [0.05, 0.1) is 5.69 Å².